The minimum absolute atomic E-state index is 0.130. The van der Waals surface area contributed by atoms with Crippen molar-refractivity contribution in [2.75, 3.05) is 0 Å². The van der Waals surface area contributed by atoms with Crippen molar-refractivity contribution in [3.63, 3.8) is 0 Å². The number of Topliss-reactive ketones (excluding diaryl/α,β-unsaturated/α-hetero) is 1. The van der Waals surface area contributed by atoms with Crippen LogP contribution in [0, 0.1) is 0 Å². The summed E-state index contributed by atoms with van der Waals surface area (Å²) in [6.07, 6.45) is 0. The third-order valence-electron chi connectivity index (χ3n) is 0.641. The molecule has 0 aliphatic heterocycles. The lowest BCUT2D eigenvalue weighted by Crippen LogP contribution is -2.01. The minimum atomic E-state index is 0.130. The maximum atomic E-state index is 10.1. The lowest BCUT2D eigenvalue weighted by atomic mass is 10.3. The molecule has 0 fully saturated rings. The molecule has 0 heterocycles. The van der Waals surface area contributed by atoms with Gasteiger partial charge in [0.2, 0.25) is 0 Å². The smallest absolute Gasteiger partial charge is 0.136 e. The maximum Gasteiger partial charge on any atom is 0.136 e. The number of rotatable bonds is 1. The van der Waals surface area contributed by atoms with E-state index in [0.717, 1.165) is 0 Å². The summed E-state index contributed by atoms with van der Waals surface area (Å²) in [5.41, 5.74) is 0.130. The van der Waals surface area contributed by atoms with Crippen LogP contribution < -0.4 is 0 Å². The lowest BCUT2D eigenvalue weighted by molar-refractivity contribution is -0.116. The summed E-state index contributed by atoms with van der Waals surface area (Å²) >= 11 is 0. The van der Waals surface area contributed by atoms with Crippen molar-refractivity contribution in [2.24, 2.45) is 0 Å². The van der Waals surface area contributed by atoms with E-state index >= 15 is 0 Å². The molecule has 0 spiro atoms. The zero-order valence-electron chi connectivity index (χ0n) is 4.06. The lowest BCUT2D eigenvalue weighted by Gasteiger charge is -1.90. The summed E-state index contributed by atoms with van der Waals surface area (Å²) in [4.78, 5) is 10.1. The second kappa shape index (κ2) is 2.30. The Labute approximate surface area is 40.3 Å². The largest absolute Gasteiger partial charge is 0.299 e. The monoisotopic (exact) mass is 104 g/mol. The van der Waals surface area contributed by atoms with Crippen molar-refractivity contribution in [2.45, 2.75) is 19.5 Å². The van der Waals surface area contributed by atoms with Crippen LogP contribution in [0.15, 0.2) is 0 Å². The van der Waals surface area contributed by atoms with E-state index in [2.05, 4.69) is 9.24 Å². The second-order valence-electron chi connectivity index (χ2n) is 1.40. The Morgan fingerprint density at radius 1 is 1.83 bits per heavy atom. The standard InChI is InChI=1S/C4H9OP/c1-3(5)4(2)6/h4H,6H2,1-2H3. The van der Waals surface area contributed by atoms with Gasteiger partial charge in [0.1, 0.15) is 5.78 Å². The molecule has 0 rings (SSSR count). The van der Waals surface area contributed by atoms with E-state index in [1.165, 1.54) is 0 Å². The molecule has 0 aromatic carbocycles. The number of ketones is 1. The molecule has 2 heteroatoms. The quantitative estimate of drug-likeness (QED) is 0.450. The first-order valence-corrected chi connectivity index (χ1v) is 2.57. The van der Waals surface area contributed by atoms with Crippen LogP contribution in [0.4, 0.5) is 0 Å². The summed E-state index contributed by atoms with van der Waals surface area (Å²) in [6.45, 7) is 3.44. The van der Waals surface area contributed by atoms with Gasteiger partial charge in [0, 0.05) is 5.66 Å². The van der Waals surface area contributed by atoms with E-state index in [4.69, 9.17) is 0 Å². The highest BCUT2D eigenvalue weighted by Gasteiger charge is 1.95. The van der Waals surface area contributed by atoms with Gasteiger partial charge in [-0.1, -0.05) is 6.92 Å². The van der Waals surface area contributed by atoms with Gasteiger partial charge in [-0.2, -0.15) is 0 Å². The fourth-order valence-corrected chi connectivity index (χ4v) is 0. The zero-order valence-corrected chi connectivity index (χ0v) is 5.22. The Balaban J connectivity index is 3.26. The average Bonchev–Trinajstić information content (AvgIpc) is 1.36. The van der Waals surface area contributed by atoms with E-state index in [-0.39, 0.29) is 11.4 Å². The molecule has 2 atom stereocenters. The number of carbonyl (C=O) groups excluding carboxylic acids is 1. The number of hydrogen-bond donors (Lipinski definition) is 0. The van der Waals surface area contributed by atoms with Crippen molar-refractivity contribution in [1.82, 2.24) is 0 Å². The average molecular weight is 104 g/mol. The van der Waals surface area contributed by atoms with Crippen molar-refractivity contribution in [3.8, 4) is 0 Å². The molecule has 0 bridgehead atoms. The summed E-state index contributed by atoms with van der Waals surface area (Å²) in [5.74, 6) is 0.222. The van der Waals surface area contributed by atoms with E-state index in [1.54, 1.807) is 6.92 Å². The Morgan fingerprint density at radius 3 is 2.00 bits per heavy atom. The Bertz CT molecular complexity index is 58.6. The minimum Gasteiger partial charge on any atom is -0.299 e. The molecule has 0 aromatic rings. The SMILES string of the molecule is CC(=O)C(C)P. The molecule has 0 radical (unpaired) electrons. The molecule has 0 saturated heterocycles. The van der Waals surface area contributed by atoms with Gasteiger partial charge in [0.15, 0.2) is 0 Å². The molecule has 0 aliphatic carbocycles. The molecule has 0 amide bonds. The van der Waals surface area contributed by atoms with Crippen LogP contribution in [-0.4, -0.2) is 11.4 Å². The van der Waals surface area contributed by atoms with Gasteiger partial charge < -0.3 is 0 Å². The number of hydrogen-bond acceptors (Lipinski definition) is 1. The molecular formula is C4H9OP. The number of carbonyl (C=O) groups is 1. The summed E-state index contributed by atoms with van der Waals surface area (Å²) in [6, 6.07) is 0. The highest BCUT2D eigenvalue weighted by molar-refractivity contribution is 7.19. The first kappa shape index (κ1) is 6.10. The Hall–Kier alpha value is 0.100. The maximum absolute atomic E-state index is 10.1. The Kier molecular flexibility index (Phi) is 2.34. The molecule has 0 N–H and O–H groups in total. The van der Waals surface area contributed by atoms with Gasteiger partial charge in [-0.15, -0.1) is 9.24 Å². The summed E-state index contributed by atoms with van der Waals surface area (Å²) in [5, 5.41) is 0. The fraction of sp³-hybridized carbons (Fsp3) is 0.750. The molecule has 36 valence electrons. The van der Waals surface area contributed by atoms with Crippen LogP contribution in [0.3, 0.4) is 0 Å². The van der Waals surface area contributed by atoms with Gasteiger partial charge in [-0.05, 0) is 6.92 Å². The second-order valence-corrected chi connectivity index (χ2v) is 2.40. The van der Waals surface area contributed by atoms with E-state index < -0.39 is 0 Å². The normalized spacial score (nSPS) is 13.8. The summed E-state index contributed by atoms with van der Waals surface area (Å²) in [7, 11) is 2.42. The summed E-state index contributed by atoms with van der Waals surface area (Å²) < 4.78 is 0. The van der Waals surface area contributed by atoms with Crippen LogP contribution in [0.2, 0.25) is 0 Å². The van der Waals surface area contributed by atoms with E-state index in [0.29, 0.717) is 0 Å². The van der Waals surface area contributed by atoms with Crippen molar-refractivity contribution in [3.05, 3.63) is 0 Å². The topological polar surface area (TPSA) is 17.1 Å². The van der Waals surface area contributed by atoms with Crippen LogP contribution in [-0.2, 0) is 4.79 Å². The van der Waals surface area contributed by atoms with Crippen LogP contribution >= 0.6 is 9.24 Å². The predicted molar refractivity (Wildman–Crippen MR) is 29.9 cm³/mol. The molecule has 0 saturated carbocycles. The van der Waals surface area contributed by atoms with E-state index in [9.17, 15) is 4.79 Å². The van der Waals surface area contributed by atoms with Crippen molar-refractivity contribution >= 4 is 15.0 Å². The molecule has 2 unspecified atom stereocenters. The fourth-order valence-electron chi connectivity index (χ4n) is 0. The third-order valence-corrected chi connectivity index (χ3v) is 1.11. The highest BCUT2D eigenvalue weighted by atomic mass is 31.0. The predicted octanol–water partition coefficient (Wildman–Crippen LogP) is 0.839. The molecule has 0 aromatic heterocycles. The van der Waals surface area contributed by atoms with Gasteiger partial charge in [0.25, 0.3) is 0 Å². The van der Waals surface area contributed by atoms with Gasteiger partial charge in [0.05, 0.1) is 0 Å². The molecule has 0 aliphatic rings. The van der Waals surface area contributed by atoms with Crippen LogP contribution in [0.5, 0.6) is 0 Å². The van der Waals surface area contributed by atoms with Crippen LogP contribution in [0.1, 0.15) is 13.8 Å². The first-order chi connectivity index (χ1) is 2.64. The zero-order chi connectivity index (χ0) is 5.15. The van der Waals surface area contributed by atoms with Gasteiger partial charge in [-0.3, -0.25) is 4.79 Å². The first-order valence-electron chi connectivity index (χ1n) is 1.90. The van der Waals surface area contributed by atoms with Crippen molar-refractivity contribution < 1.29 is 4.79 Å². The highest BCUT2D eigenvalue weighted by Crippen LogP contribution is 1.96. The van der Waals surface area contributed by atoms with Gasteiger partial charge >= 0.3 is 0 Å². The Morgan fingerprint density at radius 2 is 2.00 bits per heavy atom. The van der Waals surface area contributed by atoms with Gasteiger partial charge in [-0.25, -0.2) is 0 Å². The van der Waals surface area contributed by atoms with E-state index in [1.807, 2.05) is 6.92 Å². The van der Waals surface area contributed by atoms with Crippen molar-refractivity contribution in [1.29, 1.82) is 0 Å². The molecular weight excluding hydrogens is 95.0 g/mol. The van der Waals surface area contributed by atoms with Crippen LogP contribution in [0.25, 0.3) is 0 Å². The third kappa shape index (κ3) is 2.34. The molecule has 6 heavy (non-hydrogen) atoms. The molecule has 1 nitrogen and oxygen atoms in total.